The average Bonchev–Trinajstić information content (AvgIpc) is 3.39. The molecule has 2 amide bonds. The van der Waals surface area contributed by atoms with Crippen molar-refractivity contribution in [1.29, 1.82) is 0 Å². The van der Waals surface area contributed by atoms with Crippen LogP contribution in [0.1, 0.15) is 40.9 Å². The Morgan fingerprint density at radius 1 is 0.971 bits per heavy atom. The maximum Gasteiger partial charge on any atom is 0.294 e. The van der Waals surface area contributed by atoms with E-state index in [1.165, 1.54) is 42.6 Å². The lowest BCUT2D eigenvalue weighted by Crippen LogP contribution is -2.38. The topological polar surface area (TPSA) is 65.8 Å². The number of nitrogens with zero attached hydrogens (tertiary/aromatic N) is 2. The van der Waals surface area contributed by atoms with E-state index in [1.54, 1.807) is 36.4 Å². The summed E-state index contributed by atoms with van der Waals surface area (Å²) in [4.78, 5) is 29.4. The highest BCUT2D eigenvalue weighted by Crippen LogP contribution is 2.22. The first-order valence-corrected chi connectivity index (χ1v) is 11.8. The summed E-state index contributed by atoms with van der Waals surface area (Å²) in [6.07, 6.45) is 5.49. The van der Waals surface area contributed by atoms with E-state index in [0.717, 1.165) is 25.2 Å². The van der Waals surface area contributed by atoms with Crippen LogP contribution in [-0.2, 0) is 17.8 Å². The van der Waals surface area contributed by atoms with E-state index >= 15 is 0 Å². The quantitative estimate of drug-likeness (QED) is 0.511. The lowest BCUT2D eigenvalue weighted by Gasteiger charge is -2.26. The maximum atomic E-state index is 13.7. The van der Waals surface area contributed by atoms with Crippen molar-refractivity contribution >= 4 is 17.5 Å². The molecule has 0 unspecified atom stereocenters. The number of rotatable bonds is 9. The summed E-state index contributed by atoms with van der Waals surface area (Å²) in [5.74, 6) is -0.497. The molecule has 7 heteroatoms. The molecule has 1 aromatic heterocycles. The Bertz CT molecular complexity index is 1080. The van der Waals surface area contributed by atoms with Crippen molar-refractivity contribution in [3.8, 4) is 0 Å². The second-order valence-electron chi connectivity index (χ2n) is 8.59. The van der Waals surface area contributed by atoms with Gasteiger partial charge in [0.2, 0.25) is 5.91 Å². The molecule has 1 N–H and O–H groups in total. The van der Waals surface area contributed by atoms with Crippen molar-refractivity contribution in [1.82, 2.24) is 10.2 Å². The Labute approximate surface area is 199 Å². The number of furan rings is 1. The van der Waals surface area contributed by atoms with Crippen molar-refractivity contribution in [3.05, 3.63) is 89.6 Å². The van der Waals surface area contributed by atoms with Crippen molar-refractivity contribution in [2.24, 2.45) is 0 Å². The van der Waals surface area contributed by atoms with Crippen molar-refractivity contribution < 1.29 is 18.4 Å². The number of carbonyl (C=O) groups is 2. The fraction of sp³-hybridized carbons (Fsp3) is 0.333. The number of piperidine rings is 1. The molecule has 4 rings (SSSR count). The van der Waals surface area contributed by atoms with Gasteiger partial charge in [0.1, 0.15) is 5.82 Å². The number of nitrogens with one attached hydrogen (secondary N) is 1. The minimum Gasteiger partial charge on any atom is -0.459 e. The molecule has 0 aliphatic carbocycles. The second kappa shape index (κ2) is 11.6. The third kappa shape index (κ3) is 6.54. The normalized spacial score (nSPS) is 14.0. The molecule has 178 valence electrons. The maximum absolute atomic E-state index is 13.7. The highest BCUT2D eigenvalue weighted by atomic mass is 19.1. The molecule has 0 atom stereocenters. The number of anilines is 1. The molecule has 1 saturated heterocycles. The van der Waals surface area contributed by atoms with Crippen LogP contribution in [0.2, 0.25) is 0 Å². The third-order valence-corrected chi connectivity index (χ3v) is 6.02. The molecule has 0 radical (unpaired) electrons. The third-order valence-electron chi connectivity index (χ3n) is 6.02. The predicted octanol–water partition coefficient (Wildman–Crippen LogP) is 4.41. The van der Waals surface area contributed by atoms with Crippen LogP contribution < -0.4 is 10.2 Å². The summed E-state index contributed by atoms with van der Waals surface area (Å²) < 4.78 is 19.0. The predicted molar refractivity (Wildman–Crippen MR) is 129 cm³/mol. The molecule has 0 saturated carbocycles. The fourth-order valence-corrected chi connectivity index (χ4v) is 4.21. The Morgan fingerprint density at radius 2 is 1.76 bits per heavy atom. The molecule has 0 spiro atoms. The van der Waals surface area contributed by atoms with E-state index < -0.39 is 0 Å². The van der Waals surface area contributed by atoms with Crippen LogP contribution in [0.3, 0.4) is 0 Å². The summed E-state index contributed by atoms with van der Waals surface area (Å²) in [6.45, 7) is 3.94. The van der Waals surface area contributed by atoms with E-state index in [4.69, 9.17) is 4.42 Å². The lowest BCUT2D eigenvalue weighted by atomic mass is 10.1. The van der Waals surface area contributed by atoms with Gasteiger partial charge >= 0.3 is 0 Å². The molecule has 1 aliphatic heterocycles. The van der Waals surface area contributed by atoms with Crippen molar-refractivity contribution in [3.63, 3.8) is 0 Å². The van der Waals surface area contributed by atoms with Crippen molar-refractivity contribution in [2.45, 2.75) is 32.2 Å². The van der Waals surface area contributed by atoms with Gasteiger partial charge in [-0.15, -0.1) is 0 Å². The molecular formula is C27H30FN3O3. The molecule has 1 aliphatic rings. The first-order chi connectivity index (χ1) is 16.6. The minimum atomic E-state index is -0.357. The second-order valence-corrected chi connectivity index (χ2v) is 8.59. The van der Waals surface area contributed by atoms with Crippen LogP contribution in [0, 0.1) is 5.82 Å². The molecular weight excluding hydrogens is 433 g/mol. The molecule has 6 nitrogen and oxygen atoms in total. The molecule has 0 bridgehead atoms. The van der Waals surface area contributed by atoms with Gasteiger partial charge in [0, 0.05) is 18.8 Å². The van der Waals surface area contributed by atoms with Gasteiger partial charge in [-0.1, -0.05) is 30.7 Å². The van der Waals surface area contributed by atoms with Crippen LogP contribution >= 0.6 is 0 Å². The van der Waals surface area contributed by atoms with Gasteiger partial charge in [-0.2, -0.15) is 0 Å². The zero-order valence-corrected chi connectivity index (χ0v) is 19.2. The molecule has 1 fully saturated rings. The largest absolute Gasteiger partial charge is 0.459 e. The van der Waals surface area contributed by atoms with E-state index in [9.17, 15) is 14.0 Å². The molecule has 2 heterocycles. The highest BCUT2D eigenvalue weighted by molar-refractivity contribution is 6.04. The number of carbonyl (C=O) groups excluding carboxylic acids is 2. The summed E-state index contributed by atoms with van der Waals surface area (Å²) in [7, 11) is 0. The van der Waals surface area contributed by atoms with Crippen LogP contribution in [0.15, 0.2) is 71.3 Å². The van der Waals surface area contributed by atoms with Gasteiger partial charge in [-0.3, -0.25) is 9.59 Å². The average molecular weight is 464 g/mol. The Hall–Kier alpha value is -3.45. The monoisotopic (exact) mass is 463 g/mol. The van der Waals surface area contributed by atoms with Gasteiger partial charge in [0.25, 0.3) is 5.91 Å². The molecule has 34 heavy (non-hydrogen) atoms. The first kappa shape index (κ1) is 23.7. The van der Waals surface area contributed by atoms with Crippen LogP contribution in [0.5, 0.6) is 0 Å². The van der Waals surface area contributed by atoms with E-state index in [1.807, 2.05) is 12.1 Å². The SMILES string of the molecule is O=C(Cc1ccc(N(Cc2cccc(F)c2)C(=O)c2ccco2)cc1)NCCN1CCCCC1. The Balaban J connectivity index is 1.39. The molecule has 3 aromatic rings. The number of likely N-dealkylation sites (tertiary alicyclic amines) is 1. The number of hydrogen-bond acceptors (Lipinski definition) is 4. The van der Waals surface area contributed by atoms with Crippen LogP contribution in [-0.4, -0.2) is 42.9 Å². The van der Waals surface area contributed by atoms with Crippen LogP contribution in [0.4, 0.5) is 10.1 Å². The van der Waals surface area contributed by atoms with Gasteiger partial charge in [0.05, 0.1) is 19.2 Å². The Kier molecular flexibility index (Phi) is 8.09. The highest BCUT2D eigenvalue weighted by Gasteiger charge is 2.21. The van der Waals surface area contributed by atoms with Crippen LogP contribution in [0.25, 0.3) is 0 Å². The Morgan fingerprint density at radius 3 is 2.47 bits per heavy atom. The zero-order chi connectivity index (χ0) is 23.8. The summed E-state index contributed by atoms with van der Waals surface area (Å²) in [5, 5.41) is 3.00. The number of hydrogen-bond donors (Lipinski definition) is 1. The fourth-order valence-electron chi connectivity index (χ4n) is 4.21. The van der Waals surface area contributed by atoms with Gasteiger partial charge in [-0.05, 0) is 73.5 Å². The van der Waals surface area contributed by atoms with Crippen molar-refractivity contribution in [2.75, 3.05) is 31.1 Å². The van der Waals surface area contributed by atoms with E-state index in [0.29, 0.717) is 17.8 Å². The number of benzene rings is 2. The molecule has 2 aromatic carbocycles. The summed E-state index contributed by atoms with van der Waals surface area (Å²) >= 11 is 0. The van der Waals surface area contributed by atoms with E-state index in [-0.39, 0.29) is 36.4 Å². The lowest BCUT2D eigenvalue weighted by molar-refractivity contribution is -0.120. The zero-order valence-electron chi connectivity index (χ0n) is 19.2. The van der Waals surface area contributed by atoms with Gasteiger partial charge in [-0.25, -0.2) is 4.39 Å². The number of halogens is 1. The van der Waals surface area contributed by atoms with Gasteiger partial charge in [0.15, 0.2) is 5.76 Å². The first-order valence-electron chi connectivity index (χ1n) is 11.8. The number of amides is 2. The standard InChI is InChI=1S/C27H30FN3O3/c28-23-7-4-6-22(18-23)20-31(27(33)25-8-5-17-34-25)24-11-9-21(10-12-24)19-26(32)29-13-16-30-14-2-1-3-15-30/h4-12,17-18H,1-3,13-16,19-20H2,(H,29,32). The minimum absolute atomic E-state index is 0.0203. The summed E-state index contributed by atoms with van der Waals surface area (Å²) in [6, 6.07) is 16.7. The summed E-state index contributed by atoms with van der Waals surface area (Å²) in [5.41, 5.74) is 2.16. The smallest absolute Gasteiger partial charge is 0.294 e. The van der Waals surface area contributed by atoms with Gasteiger partial charge < -0.3 is 19.5 Å². The van der Waals surface area contributed by atoms with E-state index in [2.05, 4.69) is 10.2 Å².